The van der Waals surface area contributed by atoms with Gasteiger partial charge in [0, 0.05) is 25.1 Å². The Hall–Kier alpha value is -3.48. The number of aromatic nitrogens is 3. The van der Waals surface area contributed by atoms with E-state index < -0.39 is 5.97 Å². The van der Waals surface area contributed by atoms with Crippen LogP contribution >= 0.6 is 11.6 Å². The Labute approximate surface area is 201 Å². The summed E-state index contributed by atoms with van der Waals surface area (Å²) in [6, 6.07) is 8.92. The molecule has 2 saturated heterocycles. The Morgan fingerprint density at radius 2 is 2.12 bits per heavy atom. The molecule has 2 aliphatic rings. The second kappa shape index (κ2) is 8.38. The summed E-state index contributed by atoms with van der Waals surface area (Å²) in [6.07, 6.45) is 1.91. The summed E-state index contributed by atoms with van der Waals surface area (Å²) in [5.41, 5.74) is 3.42. The molecule has 2 N–H and O–H groups in total. The van der Waals surface area contributed by atoms with Crippen LogP contribution in [0.5, 0.6) is 0 Å². The van der Waals surface area contributed by atoms with E-state index in [-0.39, 0.29) is 28.2 Å². The SMILES string of the molecule is Cc1cc([C@@H](C)Nc2ccc(Cl)nc2C(=O)O)c2nc(N3CCC4(CCO4)C3)c(C#N)nc2c1. The van der Waals surface area contributed by atoms with Crippen molar-refractivity contribution >= 4 is 40.1 Å². The minimum Gasteiger partial charge on any atom is -0.476 e. The zero-order valence-electron chi connectivity index (χ0n) is 18.8. The molecule has 2 fully saturated rings. The number of ether oxygens (including phenoxy) is 1. The molecule has 2 atom stereocenters. The number of anilines is 2. The third-order valence-corrected chi connectivity index (χ3v) is 6.73. The highest BCUT2D eigenvalue weighted by Crippen LogP contribution is 2.39. The van der Waals surface area contributed by atoms with Crippen molar-refractivity contribution in [2.24, 2.45) is 0 Å². The van der Waals surface area contributed by atoms with Gasteiger partial charge in [-0.25, -0.2) is 19.7 Å². The lowest BCUT2D eigenvalue weighted by Gasteiger charge is -2.38. The highest BCUT2D eigenvalue weighted by Gasteiger charge is 2.45. The second-order valence-corrected chi connectivity index (χ2v) is 9.27. The topological polar surface area (TPSA) is 124 Å². The van der Waals surface area contributed by atoms with Crippen LogP contribution < -0.4 is 10.2 Å². The molecule has 0 aliphatic carbocycles. The van der Waals surface area contributed by atoms with Crippen LogP contribution in [0.2, 0.25) is 5.15 Å². The normalized spacial score (nSPS) is 20.2. The van der Waals surface area contributed by atoms with Crippen molar-refractivity contribution in [3.8, 4) is 6.07 Å². The largest absolute Gasteiger partial charge is 0.476 e. The first-order valence-electron chi connectivity index (χ1n) is 11.1. The minimum atomic E-state index is -1.17. The van der Waals surface area contributed by atoms with E-state index >= 15 is 0 Å². The molecule has 1 unspecified atom stereocenters. The number of benzene rings is 1. The van der Waals surface area contributed by atoms with Gasteiger partial charge in [-0.3, -0.25) is 0 Å². The zero-order chi connectivity index (χ0) is 24.0. The van der Waals surface area contributed by atoms with Gasteiger partial charge in [-0.15, -0.1) is 0 Å². The number of nitriles is 1. The standard InChI is InChI=1S/C24H23ClN6O3/c1-13-9-15(14(2)27-16-3-4-19(25)29-21(16)23(32)33)20-17(10-13)28-18(11-26)22(30-20)31-7-5-24(12-31)6-8-34-24/h3-4,9-10,14,27H,5-8,12H2,1-2H3,(H,32,33)/t14-,24?/m1/s1. The first-order valence-corrected chi connectivity index (χ1v) is 11.4. The zero-order valence-corrected chi connectivity index (χ0v) is 19.6. The average molecular weight is 479 g/mol. The molecular weight excluding hydrogens is 456 g/mol. The number of rotatable bonds is 5. The molecule has 3 aromatic rings. The molecule has 9 nitrogen and oxygen atoms in total. The Bertz CT molecular complexity index is 1350. The number of carbonyl (C=O) groups is 1. The maximum atomic E-state index is 11.7. The number of aromatic carboxylic acids is 1. The van der Waals surface area contributed by atoms with Gasteiger partial charge in [-0.2, -0.15) is 5.26 Å². The molecule has 5 rings (SSSR count). The third-order valence-electron chi connectivity index (χ3n) is 6.52. The molecule has 0 amide bonds. The fraction of sp³-hybridized carbons (Fsp3) is 0.375. The summed E-state index contributed by atoms with van der Waals surface area (Å²) in [7, 11) is 0. The number of pyridine rings is 1. The summed E-state index contributed by atoms with van der Waals surface area (Å²) in [4.78, 5) is 27.3. The van der Waals surface area contributed by atoms with Gasteiger partial charge < -0.3 is 20.1 Å². The lowest BCUT2D eigenvalue weighted by Crippen LogP contribution is -2.46. The molecule has 174 valence electrons. The number of hydrogen-bond donors (Lipinski definition) is 2. The van der Waals surface area contributed by atoms with E-state index in [1.165, 1.54) is 0 Å². The van der Waals surface area contributed by atoms with Crippen molar-refractivity contribution in [2.45, 2.75) is 38.3 Å². The number of hydrogen-bond acceptors (Lipinski definition) is 8. The first-order chi connectivity index (χ1) is 16.3. The highest BCUT2D eigenvalue weighted by molar-refractivity contribution is 6.29. The molecular formula is C24H23ClN6O3. The van der Waals surface area contributed by atoms with E-state index in [0.717, 1.165) is 37.1 Å². The number of fused-ring (bicyclic) bond motifs is 1. The van der Waals surface area contributed by atoms with E-state index in [1.807, 2.05) is 26.0 Å². The fourth-order valence-electron chi connectivity index (χ4n) is 4.71. The van der Waals surface area contributed by atoms with Gasteiger partial charge in [-0.05, 0) is 44.0 Å². The van der Waals surface area contributed by atoms with Gasteiger partial charge in [0.25, 0.3) is 0 Å². The molecule has 34 heavy (non-hydrogen) atoms. The number of nitrogens with zero attached hydrogens (tertiary/aromatic N) is 5. The number of carboxylic acids is 1. The van der Waals surface area contributed by atoms with Gasteiger partial charge in [0.15, 0.2) is 17.2 Å². The van der Waals surface area contributed by atoms with E-state index in [9.17, 15) is 15.2 Å². The molecule has 0 saturated carbocycles. The number of aryl methyl sites for hydroxylation is 1. The maximum absolute atomic E-state index is 11.7. The summed E-state index contributed by atoms with van der Waals surface area (Å²) < 4.78 is 5.83. The molecule has 10 heteroatoms. The highest BCUT2D eigenvalue weighted by atomic mass is 35.5. The number of nitrogens with one attached hydrogen (secondary N) is 1. The van der Waals surface area contributed by atoms with Crippen LogP contribution in [-0.4, -0.2) is 51.3 Å². The lowest BCUT2D eigenvalue weighted by atomic mass is 9.94. The van der Waals surface area contributed by atoms with Crippen LogP contribution in [0.1, 0.15) is 53.1 Å². The van der Waals surface area contributed by atoms with Crippen molar-refractivity contribution in [3.63, 3.8) is 0 Å². The lowest BCUT2D eigenvalue weighted by molar-refractivity contribution is -0.130. The van der Waals surface area contributed by atoms with E-state index in [2.05, 4.69) is 26.3 Å². The van der Waals surface area contributed by atoms with Gasteiger partial charge in [-0.1, -0.05) is 17.7 Å². The molecule has 0 bridgehead atoms. The summed E-state index contributed by atoms with van der Waals surface area (Å²) in [5.74, 6) is -0.618. The Morgan fingerprint density at radius 3 is 2.76 bits per heavy atom. The third kappa shape index (κ3) is 3.89. The van der Waals surface area contributed by atoms with Crippen molar-refractivity contribution in [1.82, 2.24) is 15.0 Å². The summed E-state index contributed by atoms with van der Waals surface area (Å²) in [5, 5.41) is 22.7. The Morgan fingerprint density at radius 1 is 1.32 bits per heavy atom. The molecule has 1 spiro atoms. The van der Waals surface area contributed by atoms with Gasteiger partial charge in [0.2, 0.25) is 0 Å². The minimum absolute atomic E-state index is 0.106. The van der Waals surface area contributed by atoms with Crippen LogP contribution in [0.25, 0.3) is 11.0 Å². The number of halogens is 1. The first kappa shape index (κ1) is 22.3. The number of carboxylic acid groups (broad SMARTS) is 1. The quantitative estimate of drug-likeness (QED) is 0.521. The van der Waals surface area contributed by atoms with Crippen LogP contribution in [0.4, 0.5) is 11.5 Å². The van der Waals surface area contributed by atoms with Crippen molar-refractivity contribution in [2.75, 3.05) is 29.9 Å². The van der Waals surface area contributed by atoms with Crippen LogP contribution in [0.15, 0.2) is 24.3 Å². The van der Waals surface area contributed by atoms with Crippen LogP contribution in [0.3, 0.4) is 0 Å². The molecule has 1 aromatic carbocycles. The molecule has 2 aromatic heterocycles. The molecule has 0 radical (unpaired) electrons. The maximum Gasteiger partial charge on any atom is 0.356 e. The Kier molecular flexibility index (Phi) is 5.50. The molecule has 2 aliphatic heterocycles. The van der Waals surface area contributed by atoms with Gasteiger partial charge in [0.05, 0.1) is 35.0 Å². The summed E-state index contributed by atoms with van der Waals surface area (Å²) >= 11 is 5.90. The van der Waals surface area contributed by atoms with Crippen LogP contribution in [0, 0.1) is 18.3 Å². The van der Waals surface area contributed by atoms with Crippen molar-refractivity contribution in [1.29, 1.82) is 5.26 Å². The summed E-state index contributed by atoms with van der Waals surface area (Å²) in [6.45, 7) is 6.08. The van der Waals surface area contributed by atoms with Crippen molar-refractivity contribution < 1.29 is 14.6 Å². The van der Waals surface area contributed by atoms with E-state index in [0.29, 0.717) is 29.1 Å². The van der Waals surface area contributed by atoms with E-state index in [4.69, 9.17) is 21.3 Å². The van der Waals surface area contributed by atoms with E-state index in [1.54, 1.807) is 12.1 Å². The Balaban J connectivity index is 1.56. The van der Waals surface area contributed by atoms with Gasteiger partial charge >= 0.3 is 5.97 Å². The average Bonchev–Trinajstić information content (AvgIpc) is 3.25. The van der Waals surface area contributed by atoms with Crippen molar-refractivity contribution in [3.05, 3.63) is 51.9 Å². The monoisotopic (exact) mass is 478 g/mol. The fourth-order valence-corrected chi connectivity index (χ4v) is 4.86. The predicted molar refractivity (Wildman–Crippen MR) is 127 cm³/mol. The van der Waals surface area contributed by atoms with Crippen LogP contribution in [-0.2, 0) is 4.74 Å². The molecule has 4 heterocycles. The predicted octanol–water partition coefficient (Wildman–Crippen LogP) is 4.10. The second-order valence-electron chi connectivity index (χ2n) is 8.88. The van der Waals surface area contributed by atoms with Gasteiger partial charge in [0.1, 0.15) is 11.2 Å². The smallest absolute Gasteiger partial charge is 0.356 e.